The second kappa shape index (κ2) is 15.8. The Labute approximate surface area is 254 Å². The first-order valence-corrected chi connectivity index (χ1v) is 16.0. The van der Waals surface area contributed by atoms with Gasteiger partial charge in [-0.2, -0.15) is 0 Å². The molecule has 5 rings (SSSR count). The van der Waals surface area contributed by atoms with Crippen LogP contribution in [0.2, 0.25) is 0 Å². The van der Waals surface area contributed by atoms with Gasteiger partial charge in [0, 0.05) is 0 Å². The molecule has 1 heterocycles. The summed E-state index contributed by atoms with van der Waals surface area (Å²) in [4.78, 5) is 11.9. The van der Waals surface area contributed by atoms with Crippen LogP contribution in [0.1, 0.15) is 23.6 Å². The Balaban J connectivity index is 1.47. The van der Waals surface area contributed by atoms with E-state index in [1.165, 1.54) is 11.4 Å². The molecule has 0 unspecified atom stereocenters. The quantitative estimate of drug-likeness (QED) is 0.152. The van der Waals surface area contributed by atoms with Gasteiger partial charge in [-0.15, -0.1) is 0 Å². The molecule has 42 heavy (non-hydrogen) atoms. The fourth-order valence-electron chi connectivity index (χ4n) is 4.81. The van der Waals surface area contributed by atoms with E-state index in [2.05, 4.69) is 12.1 Å². The van der Waals surface area contributed by atoms with Gasteiger partial charge in [0.1, 0.15) is 0 Å². The first-order chi connectivity index (χ1) is 20.7. The Hall–Kier alpha value is -3.29. The molecular weight excluding hydrogens is 595 g/mol. The van der Waals surface area contributed by atoms with E-state index >= 15 is 0 Å². The van der Waals surface area contributed by atoms with Crippen molar-refractivity contribution in [1.29, 1.82) is 0 Å². The van der Waals surface area contributed by atoms with E-state index in [4.69, 9.17) is 23.7 Å². The maximum absolute atomic E-state index is 11.9. The van der Waals surface area contributed by atoms with Crippen molar-refractivity contribution in [3.63, 3.8) is 0 Å². The average Bonchev–Trinajstić information content (AvgIpc) is 3.03. The summed E-state index contributed by atoms with van der Waals surface area (Å²) in [7, 11) is 0. The van der Waals surface area contributed by atoms with Crippen LogP contribution in [0.5, 0.6) is 0 Å². The second-order valence-electron chi connectivity index (χ2n) is 10.1. The number of carbonyl (C=O) groups excluding carboxylic acids is 1. The normalized spacial score (nSPS) is 22.0. The second-order valence-corrected chi connectivity index (χ2v) is 12.5. The van der Waals surface area contributed by atoms with Gasteiger partial charge in [-0.1, -0.05) is 0 Å². The van der Waals surface area contributed by atoms with Crippen molar-refractivity contribution >= 4 is 25.4 Å². The van der Waals surface area contributed by atoms with Crippen LogP contribution in [0.15, 0.2) is 121 Å². The van der Waals surface area contributed by atoms with Gasteiger partial charge in [-0.25, -0.2) is 0 Å². The van der Waals surface area contributed by atoms with Crippen LogP contribution >= 0.6 is 0 Å². The van der Waals surface area contributed by atoms with Gasteiger partial charge in [0.15, 0.2) is 0 Å². The Kier molecular flexibility index (Phi) is 11.4. The molecule has 1 aliphatic rings. The molecule has 0 N–H and O–H groups in total. The summed E-state index contributed by atoms with van der Waals surface area (Å²) in [5.41, 5.74) is 3.14. The molecule has 0 radical (unpaired) electrons. The van der Waals surface area contributed by atoms with Gasteiger partial charge < -0.3 is 0 Å². The Morgan fingerprint density at radius 1 is 0.619 bits per heavy atom. The first-order valence-electron chi connectivity index (χ1n) is 14.1. The van der Waals surface area contributed by atoms with E-state index < -0.39 is 24.4 Å². The number of rotatable bonds is 13. The summed E-state index contributed by atoms with van der Waals surface area (Å²) >= 11 is -0.115. The van der Waals surface area contributed by atoms with Crippen LogP contribution in [0, 0.1) is 0 Å². The van der Waals surface area contributed by atoms with E-state index in [1.54, 1.807) is 0 Å². The predicted molar refractivity (Wildman–Crippen MR) is 162 cm³/mol. The summed E-state index contributed by atoms with van der Waals surface area (Å²) in [5, 5.41) is -0.304. The number of hydrogen-bond donors (Lipinski definition) is 0. The van der Waals surface area contributed by atoms with E-state index in [0.29, 0.717) is 19.8 Å². The van der Waals surface area contributed by atoms with Gasteiger partial charge in [0.05, 0.1) is 0 Å². The van der Waals surface area contributed by atoms with Gasteiger partial charge >= 0.3 is 255 Å². The van der Waals surface area contributed by atoms with E-state index in [1.807, 2.05) is 109 Å². The molecule has 1 fully saturated rings. The van der Waals surface area contributed by atoms with Crippen LogP contribution in [0.3, 0.4) is 0 Å². The van der Waals surface area contributed by atoms with Gasteiger partial charge in [0.25, 0.3) is 0 Å². The zero-order valence-corrected chi connectivity index (χ0v) is 25.3. The number of ether oxygens (including phenoxy) is 5. The molecular formula is C35H36O6Se. The Morgan fingerprint density at radius 2 is 1.05 bits per heavy atom. The molecule has 0 aromatic heterocycles. The minimum atomic E-state index is -0.545. The third-order valence-corrected chi connectivity index (χ3v) is 9.32. The molecule has 218 valence electrons. The average molecular weight is 632 g/mol. The zero-order chi connectivity index (χ0) is 29.0. The third kappa shape index (κ3) is 8.85. The summed E-state index contributed by atoms with van der Waals surface area (Å²) < 4.78 is 33.4. The van der Waals surface area contributed by atoms with Crippen LogP contribution < -0.4 is 4.46 Å². The molecule has 1 aliphatic heterocycles. The minimum absolute atomic E-state index is 0.0623. The van der Waals surface area contributed by atoms with Gasteiger partial charge in [0.2, 0.25) is 0 Å². The monoisotopic (exact) mass is 632 g/mol. The molecule has 4 aromatic carbocycles. The summed E-state index contributed by atoms with van der Waals surface area (Å²) in [6.45, 7) is 2.61. The number of hydrogen-bond acceptors (Lipinski definition) is 6. The summed E-state index contributed by atoms with van der Waals surface area (Å²) in [5.74, 6) is -0.366. The fraction of sp³-hybridized carbons (Fsp3) is 0.286. The molecule has 4 aromatic rings. The Morgan fingerprint density at radius 3 is 1.52 bits per heavy atom. The van der Waals surface area contributed by atoms with Crippen molar-refractivity contribution in [2.75, 3.05) is 6.61 Å². The zero-order valence-electron chi connectivity index (χ0n) is 23.6. The van der Waals surface area contributed by atoms with Crippen molar-refractivity contribution in [3.05, 3.63) is 138 Å². The van der Waals surface area contributed by atoms with Crippen LogP contribution in [-0.4, -0.2) is 57.0 Å². The van der Waals surface area contributed by atoms with Crippen molar-refractivity contribution in [2.45, 2.75) is 56.2 Å². The third-order valence-electron chi connectivity index (χ3n) is 6.89. The fourth-order valence-corrected chi connectivity index (χ4v) is 7.22. The van der Waals surface area contributed by atoms with E-state index in [9.17, 15) is 4.79 Å². The molecule has 6 nitrogen and oxygen atoms in total. The van der Waals surface area contributed by atoms with Gasteiger partial charge in [-0.05, 0) is 0 Å². The standard InChI is InChI=1S/C35H36O6Se/c1-26(36)37-25-31-32(38-22-27-14-6-2-7-15-27)33(39-23-28-16-8-3-9-17-28)34(40-24-29-18-10-4-11-19-29)35(41-31)42-30-20-12-5-13-21-30/h2-21,31-35H,22-25H2,1H3/t31-,32-,33+,34-,35+/m1/s1. The van der Waals surface area contributed by atoms with Crippen molar-refractivity contribution in [1.82, 2.24) is 0 Å². The van der Waals surface area contributed by atoms with Crippen LogP contribution in [0.4, 0.5) is 0 Å². The predicted octanol–water partition coefficient (Wildman–Crippen LogP) is 5.06. The molecule has 1 saturated heterocycles. The molecule has 5 atom stereocenters. The molecule has 0 bridgehead atoms. The number of carbonyl (C=O) groups is 1. The topological polar surface area (TPSA) is 63.2 Å². The molecule has 0 aliphatic carbocycles. The molecule has 0 spiro atoms. The summed E-state index contributed by atoms with van der Waals surface area (Å²) in [6.07, 6.45) is -1.99. The SMILES string of the molecule is CC(=O)OC[C@H]1O[C@@H]([Se]c2ccccc2)[C@H](OCc2ccccc2)[C@@H](OCc2ccccc2)[C@@H]1OCc1ccccc1. The summed E-state index contributed by atoms with van der Waals surface area (Å²) in [6, 6.07) is 40.5. The van der Waals surface area contributed by atoms with Crippen LogP contribution in [-0.2, 0) is 48.3 Å². The molecule has 7 heteroatoms. The van der Waals surface area contributed by atoms with Gasteiger partial charge in [-0.3, -0.25) is 0 Å². The number of benzene rings is 4. The van der Waals surface area contributed by atoms with Crippen molar-refractivity contribution < 1.29 is 28.5 Å². The van der Waals surface area contributed by atoms with E-state index in [0.717, 1.165) is 16.7 Å². The van der Waals surface area contributed by atoms with E-state index in [-0.39, 0.29) is 32.5 Å². The van der Waals surface area contributed by atoms with Crippen LogP contribution in [0.25, 0.3) is 0 Å². The molecule has 0 amide bonds. The maximum atomic E-state index is 11.9. The molecule has 0 saturated carbocycles. The Bertz CT molecular complexity index is 1340. The number of esters is 1. The van der Waals surface area contributed by atoms with Crippen molar-refractivity contribution in [3.8, 4) is 0 Å². The van der Waals surface area contributed by atoms with Crippen molar-refractivity contribution in [2.24, 2.45) is 0 Å². The first kappa shape index (κ1) is 30.2.